The van der Waals surface area contributed by atoms with Gasteiger partial charge in [0.2, 0.25) is 5.91 Å². The predicted molar refractivity (Wildman–Crippen MR) is 89.4 cm³/mol. The molecule has 0 radical (unpaired) electrons. The topological polar surface area (TPSA) is 56.8 Å². The van der Waals surface area contributed by atoms with Crippen molar-refractivity contribution in [1.29, 1.82) is 0 Å². The van der Waals surface area contributed by atoms with Crippen LogP contribution in [-0.4, -0.2) is 26.2 Å². The highest BCUT2D eigenvalue weighted by atomic mass is 19.3. The largest absolute Gasteiger partial charge is 0.493 e. The number of alkyl halides is 2. The standard InChI is InChI=1S/C18H18F3NO4/c1-24-15-9-8-12(11-16(15)26-18(20)21)22-17(23)7-4-10-25-14-6-3-2-5-13(14)19/h2-3,5-6,8-9,11,18H,4,7,10H2,1H3,(H,22,23). The second-order valence-corrected chi connectivity index (χ2v) is 5.17. The van der Waals surface area contributed by atoms with E-state index in [9.17, 15) is 18.0 Å². The van der Waals surface area contributed by atoms with Crippen LogP contribution in [0.25, 0.3) is 0 Å². The highest BCUT2D eigenvalue weighted by Crippen LogP contribution is 2.31. The Morgan fingerprint density at radius 2 is 1.88 bits per heavy atom. The van der Waals surface area contributed by atoms with Gasteiger partial charge in [0, 0.05) is 18.2 Å². The van der Waals surface area contributed by atoms with Crippen molar-refractivity contribution >= 4 is 11.6 Å². The molecule has 0 atom stereocenters. The number of methoxy groups -OCH3 is 1. The number of carbonyl (C=O) groups excluding carboxylic acids is 1. The summed E-state index contributed by atoms with van der Waals surface area (Å²) < 4.78 is 52.7. The van der Waals surface area contributed by atoms with Crippen molar-refractivity contribution in [2.24, 2.45) is 0 Å². The molecule has 0 unspecified atom stereocenters. The van der Waals surface area contributed by atoms with Crippen molar-refractivity contribution in [3.63, 3.8) is 0 Å². The van der Waals surface area contributed by atoms with Gasteiger partial charge < -0.3 is 19.5 Å². The molecule has 0 aliphatic rings. The zero-order valence-corrected chi connectivity index (χ0v) is 14.0. The Labute approximate surface area is 148 Å². The third kappa shape index (κ3) is 5.87. The van der Waals surface area contributed by atoms with E-state index in [-0.39, 0.29) is 36.2 Å². The fourth-order valence-electron chi connectivity index (χ4n) is 2.14. The third-order valence-corrected chi connectivity index (χ3v) is 3.31. The number of hydrogen-bond acceptors (Lipinski definition) is 4. The summed E-state index contributed by atoms with van der Waals surface area (Å²) in [6.45, 7) is -2.85. The summed E-state index contributed by atoms with van der Waals surface area (Å²) in [5.74, 6) is -0.737. The van der Waals surface area contributed by atoms with Gasteiger partial charge in [-0.25, -0.2) is 4.39 Å². The summed E-state index contributed by atoms with van der Waals surface area (Å²) in [5, 5.41) is 2.57. The number of amides is 1. The van der Waals surface area contributed by atoms with Crippen LogP contribution in [0.2, 0.25) is 0 Å². The number of halogens is 3. The predicted octanol–water partition coefficient (Wildman–Crippen LogP) is 4.23. The minimum Gasteiger partial charge on any atom is -0.493 e. The van der Waals surface area contributed by atoms with E-state index in [1.54, 1.807) is 12.1 Å². The fraction of sp³-hybridized carbons (Fsp3) is 0.278. The van der Waals surface area contributed by atoms with Crippen molar-refractivity contribution < 1.29 is 32.2 Å². The number of rotatable bonds is 9. The van der Waals surface area contributed by atoms with Crippen molar-refractivity contribution in [2.75, 3.05) is 19.0 Å². The molecule has 2 aromatic carbocycles. The number of hydrogen-bond donors (Lipinski definition) is 1. The van der Waals surface area contributed by atoms with E-state index in [2.05, 4.69) is 10.1 Å². The first kappa shape index (κ1) is 19.4. The number of nitrogens with one attached hydrogen (secondary N) is 1. The molecule has 0 spiro atoms. The maximum atomic E-state index is 13.4. The Hall–Kier alpha value is -2.90. The molecule has 8 heteroatoms. The van der Waals surface area contributed by atoms with Crippen LogP contribution in [0.4, 0.5) is 18.9 Å². The first-order chi connectivity index (χ1) is 12.5. The van der Waals surface area contributed by atoms with Gasteiger partial charge in [0.25, 0.3) is 0 Å². The molecule has 0 aliphatic carbocycles. The van der Waals surface area contributed by atoms with Crippen molar-refractivity contribution in [3.05, 3.63) is 48.3 Å². The Morgan fingerprint density at radius 3 is 2.58 bits per heavy atom. The Morgan fingerprint density at radius 1 is 1.12 bits per heavy atom. The lowest BCUT2D eigenvalue weighted by Crippen LogP contribution is -2.13. The van der Waals surface area contributed by atoms with Crippen molar-refractivity contribution in [3.8, 4) is 17.2 Å². The van der Waals surface area contributed by atoms with Gasteiger partial charge in [-0.3, -0.25) is 4.79 Å². The van der Waals surface area contributed by atoms with Crippen LogP contribution in [0.1, 0.15) is 12.8 Å². The molecule has 0 aromatic heterocycles. The Bertz CT molecular complexity index is 740. The lowest BCUT2D eigenvalue weighted by Gasteiger charge is -2.12. The molecule has 0 saturated heterocycles. The molecule has 1 amide bonds. The molecule has 0 saturated carbocycles. The van der Waals surface area contributed by atoms with Crippen LogP contribution in [0.5, 0.6) is 17.2 Å². The van der Waals surface area contributed by atoms with E-state index in [0.717, 1.165) is 0 Å². The highest BCUT2D eigenvalue weighted by molar-refractivity contribution is 5.91. The van der Waals surface area contributed by atoms with Gasteiger partial charge in [-0.2, -0.15) is 8.78 Å². The van der Waals surface area contributed by atoms with E-state index in [1.165, 1.54) is 37.4 Å². The zero-order valence-electron chi connectivity index (χ0n) is 14.0. The normalized spacial score (nSPS) is 10.5. The van der Waals surface area contributed by atoms with Crippen LogP contribution >= 0.6 is 0 Å². The number of para-hydroxylation sites is 1. The monoisotopic (exact) mass is 369 g/mol. The Kier molecular flexibility index (Phi) is 7.13. The summed E-state index contributed by atoms with van der Waals surface area (Å²) >= 11 is 0. The quantitative estimate of drug-likeness (QED) is 0.672. The maximum Gasteiger partial charge on any atom is 0.387 e. The highest BCUT2D eigenvalue weighted by Gasteiger charge is 2.12. The van der Waals surface area contributed by atoms with Gasteiger partial charge >= 0.3 is 6.61 Å². The second-order valence-electron chi connectivity index (χ2n) is 5.17. The minimum atomic E-state index is -3.01. The van der Waals surface area contributed by atoms with Crippen LogP contribution < -0.4 is 19.5 Å². The van der Waals surface area contributed by atoms with Crippen molar-refractivity contribution in [2.45, 2.75) is 19.5 Å². The lowest BCUT2D eigenvalue weighted by atomic mass is 10.2. The molecular formula is C18H18F3NO4. The van der Waals surface area contributed by atoms with Gasteiger partial charge in [0.05, 0.1) is 13.7 Å². The zero-order chi connectivity index (χ0) is 18.9. The number of benzene rings is 2. The van der Waals surface area contributed by atoms with E-state index < -0.39 is 12.4 Å². The molecule has 0 bridgehead atoms. The molecule has 2 aromatic rings. The summed E-state index contributed by atoms with van der Waals surface area (Å²) in [4.78, 5) is 11.9. The molecule has 2 rings (SSSR count). The van der Waals surface area contributed by atoms with Crippen molar-refractivity contribution in [1.82, 2.24) is 0 Å². The molecule has 1 N–H and O–H groups in total. The number of ether oxygens (including phenoxy) is 3. The third-order valence-electron chi connectivity index (χ3n) is 3.31. The SMILES string of the molecule is COc1ccc(NC(=O)CCCOc2ccccc2F)cc1OC(F)F. The number of anilines is 1. The Balaban J connectivity index is 1.83. The van der Waals surface area contributed by atoms with Crippen LogP contribution in [0.3, 0.4) is 0 Å². The molecule has 0 aliphatic heterocycles. The average molecular weight is 369 g/mol. The van der Waals surface area contributed by atoms with E-state index in [1.807, 2.05) is 0 Å². The number of carbonyl (C=O) groups is 1. The van der Waals surface area contributed by atoms with Gasteiger partial charge in [0.1, 0.15) is 0 Å². The molecular weight excluding hydrogens is 351 g/mol. The van der Waals surface area contributed by atoms with E-state index in [4.69, 9.17) is 9.47 Å². The van der Waals surface area contributed by atoms with Gasteiger partial charge in [-0.15, -0.1) is 0 Å². The van der Waals surface area contributed by atoms with Gasteiger partial charge in [0.15, 0.2) is 23.1 Å². The second kappa shape index (κ2) is 9.55. The summed E-state index contributed by atoms with van der Waals surface area (Å²) in [6, 6.07) is 10.1. The van der Waals surface area contributed by atoms with Gasteiger partial charge in [-0.1, -0.05) is 12.1 Å². The smallest absolute Gasteiger partial charge is 0.387 e. The minimum absolute atomic E-state index is 0.117. The first-order valence-electron chi connectivity index (χ1n) is 7.79. The van der Waals surface area contributed by atoms with E-state index in [0.29, 0.717) is 12.1 Å². The molecule has 26 heavy (non-hydrogen) atoms. The summed E-state index contributed by atoms with van der Waals surface area (Å²) in [7, 11) is 1.32. The molecule has 5 nitrogen and oxygen atoms in total. The van der Waals surface area contributed by atoms with Crippen LogP contribution in [0.15, 0.2) is 42.5 Å². The summed E-state index contributed by atoms with van der Waals surface area (Å²) in [5.41, 5.74) is 0.293. The lowest BCUT2D eigenvalue weighted by molar-refractivity contribution is -0.116. The van der Waals surface area contributed by atoms with Gasteiger partial charge in [-0.05, 0) is 30.7 Å². The first-order valence-corrected chi connectivity index (χ1v) is 7.79. The van der Waals surface area contributed by atoms with Crippen LogP contribution in [-0.2, 0) is 4.79 Å². The van der Waals surface area contributed by atoms with E-state index >= 15 is 0 Å². The molecule has 0 fully saturated rings. The molecule has 0 heterocycles. The fourth-order valence-corrected chi connectivity index (χ4v) is 2.14. The summed E-state index contributed by atoms with van der Waals surface area (Å²) in [6.07, 6.45) is 0.474. The molecule has 140 valence electrons. The maximum absolute atomic E-state index is 13.4. The van der Waals surface area contributed by atoms with Crippen LogP contribution in [0, 0.1) is 5.82 Å². The average Bonchev–Trinajstić information content (AvgIpc) is 2.60.